The summed E-state index contributed by atoms with van der Waals surface area (Å²) in [5.74, 6) is 0. The quantitative estimate of drug-likeness (QED) is 0.704. The molecule has 0 spiro atoms. The number of hydrogen-bond acceptors (Lipinski definition) is 4. The van der Waals surface area contributed by atoms with Gasteiger partial charge < -0.3 is 10.6 Å². The normalized spacial score (nSPS) is 11.1. The van der Waals surface area contributed by atoms with Crippen LogP contribution < -0.4 is 10.6 Å². The lowest BCUT2D eigenvalue weighted by Crippen LogP contribution is -2.21. The zero-order valence-corrected chi connectivity index (χ0v) is 15.1. The van der Waals surface area contributed by atoms with Gasteiger partial charge in [0.05, 0.1) is 15.8 Å². The molecule has 0 saturated heterocycles. The molecular weight excluding hydrogens is 354 g/mol. The van der Waals surface area contributed by atoms with Crippen LogP contribution >= 0.6 is 15.9 Å². The van der Waals surface area contributed by atoms with Crippen LogP contribution in [0.2, 0.25) is 0 Å². The van der Waals surface area contributed by atoms with Crippen molar-refractivity contribution in [2.45, 2.75) is 20.8 Å². The van der Waals surface area contributed by atoms with E-state index in [1.54, 1.807) is 4.80 Å². The topological polar surface area (TPSA) is 60.0 Å². The van der Waals surface area contributed by atoms with E-state index in [1.165, 1.54) is 5.69 Å². The monoisotopic (exact) mass is 373 g/mol. The fourth-order valence-corrected chi connectivity index (χ4v) is 3.25. The third kappa shape index (κ3) is 2.79. The summed E-state index contributed by atoms with van der Waals surface area (Å²) in [7, 11) is 0. The van der Waals surface area contributed by atoms with Gasteiger partial charge in [0.25, 0.3) is 0 Å². The molecule has 23 heavy (non-hydrogen) atoms. The Morgan fingerprint density at radius 2 is 1.78 bits per heavy atom. The van der Waals surface area contributed by atoms with Crippen LogP contribution in [0.15, 0.2) is 34.8 Å². The van der Waals surface area contributed by atoms with Crippen molar-refractivity contribution in [3.05, 3.63) is 40.4 Å². The second kappa shape index (κ2) is 6.20. The highest BCUT2D eigenvalue weighted by atomic mass is 79.9. The smallest absolute Gasteiger partial charge is 0.129 e. The summed E-state index contributed by atoms with van der Waals surface area (Å²) in [6.07, 6.45) is 0. The Hall–Kier alpha value is -2.08. The molecule has 1 heterocycles. The molecule has 3 aromatic rings. The molecule has 0 radical (unpaired) electrons. The summed E-state index contributed by atoms with van der Waals surface area (Å²) in [5, 5.41) is 9.13. The highest BCUT2D eigenvalue weighted by Crippen LogP contribution is 2.30. The van der Waals surface area contributed by atoms with E-state index in [2.05, 4.69) is 57.0 Å². The SMILES string of the molecule is CCN(CC)c1ccc(-n2nc3cc(C)c(N)c(Br)c3n2)cc1. The summed E-state index contributed by atoms with van der Waals surface area (Å²) in [6, 6.07) is 10.2. The van der Waals surface area contributed by atoms with Crippen molar-refractivity contribution in [3.63, 3.8) is 0 Å². The number of halogens is 1. The van der Waals surface area contributed by atoms with Crippen LogP contribution in [-0.4, -0.2) is 28.1 Å². The number of aryl methyl sites for hydroxylation is 1. The average molecular weight is 374 g/mol. The molecule has 0 fully saturated rings. The second-order valence-corrected chi connectivity index (χ2v) is 6.26. The van der Waals surface area contributed by atoms with Crippen LogP contribution in [0.3, 0.4) is 0 Å². The zero-order chi connectivity index (χ0) is 16.6. The predicted octanol–water partition coefficient (Wildman–Crippen LogP) is 3.92. The Balaban J connectivity index is 2.02. The molecule has 0 bridgehead atoms. The maximum Gasteiger partial charge on any atom is 0.129 e. The van der Waals surface area contributed by atoms with Gasteiger partial charge in [0.15, 0.2) is 0 Å². The number of anilines is 2. The molecule has 0 aliphatic heterocycles. The lowest BCUT2D eigenvalue weighted by molar-refractivity contribution is 0.764. The summed E-state index contributed by atoms with van der Waals surface area (Å²) in [5.41, 5.74) is 11.5. The van der Waals surface area contributed by atoms with E-state index in [1.807, 2.05) is 25.1 Å². The van der Waals surface area contributed by atoms with Crippen LogP contribution in [0, 0.1) is 6.92 Å². The van der Waals surface area contributed by atoms with Gasteiger partial charge in [0.1, 0.15) is 11.0 Å². The lowest BCUT2D eigenvalue weighted by Gasteiger charge is -2.20. The molecule has 0 unspecified atom stereocenters. The van der Waals surface area contributed by atoms with Crippen LogP contribution in [-0.2, 0) is 0 Å². The molecule has 0 aliphatic carbocycles. The number of aromatic nitrogens is 3. The highest BCUT2D eigenvalue weighted by Gasteiger charge is 2.12. The summed E-state index contributed by atoms with van der Waals surface area (Å²) in [6.45, 7) is 8.26. The Kier molecular flexibility index (Phi) is 4.26. The van der Waals surface area contributed by atoms with Gasteiger partial charge in [0, 0.05) is 18.8 Å². The third-order valence-electron chi connectivity index (χ3n) is 4.07. The van der Waals surface area contributed by atoms with Crippen molar-refractivity contribution in [1.82, 2.24) is 15.0 Å². The van der Waals surface area contributed by atoms with Crippen LogP contribution in [0.25, 0.3) is 16.7 Å². The minimum Gasteiger partial charge on any atom is -0.398 e. The van der Waals surface area contributed by atoms with Gasteiger partial charge in [-0.2, -0.15) is 4.80 Å². The van der Waals surface area contributed by atoms with E-state index in [4.69, 9.17) is 5.73 Å². The number of nitrogens with zero attached hydrogens (tertiary/aromatic N) is 4. The maximum absolute atomic E-state index is 6.05. The Bertz CT molecular complexity index is 834. The van der Waals surface area contributed by atoms with E-state index >= 15 is 0 Å². The fourth-order valence-electron chi connectivity index (χ4n) is 2.66. The molecule has 0 saturated carbocycles. The Labute approximate surface area is 144 Å². The van der Waals surface area contributed by atoms with Gasteiger partial charge in [-0.15, -0.1) is 10.2 Å². The minimum atomic E-state index is 0.710. The molecule has 0 atom stereocenters. The molecule has 1 aromatic heterocycles. The van der Waals surface area contributed by atoms with Gasteiger partial charge in [-0.1, -0.05) is 0 Å². The molecule has 6 heteroatoms. The maximum atomic E-state index is 6.05. The van der Waals surface area contributed by atoms with Gasteiger partial charge >= 0.3 is 0 Å². The molecule has 0 amide bonds. The van der Waals surface area contributed by atoms with Crippen LogP contribution in [0.5, 0.6) is 0 Å². The minimum absolute atomic E-state index is 0.710. The number of nitrogen functional groups attached to an aromatic ring is 1. The lowest BCUT2D eigenvalue weighted by atomic mass is 10.2. The van der Waals surface area contributed by atoms with Gasteiger partial charge in [0.2, 0.25) is 0 Å². The summed E-state index contributed by atoms with van der Waals surface area (Å²) < 4.78 is 0.804. The fraction of sp³-hybridized carbons (Fsp3) is 0.294. The highest BCUT2D eigenvalue weighted by molar-refractivity contribution is 9.10. The van der Waals surface area contributed by atoms with Crippen LogP contribution in [0.1, 0.15) is 19.4 Å². The van der Waals surface area contributed by atoms with Crippen molar-refractivity contribution in [1.29, 1.82) is 0 Å². The first kappa shape index (κ1) is 15.8. The van der Waals surface area contributed by atoms with Crippen LogP contribution in [0.4, 0.5) is 11.4 Å². The average Bonchev–Trinajstić information content (AvgIpc) is 2.98. The summed E-state index contributed by atoms with van der Waals surface area (Å²) in [4.78, 5) is 3.96. The number of benzene rings is 2. The zero-order valence-electron chi connectivity index (χ0n) is 13.5. The van der Waals surface area contributed by atoms with Crippen molar-refractivity contribution in [2.24, 2.45) is 0 Å². The van der Waals surface area contributed by atoms with E-state index in [-0.39, 0.29) is 0 Å². The van der Waals surface area contributed by atoms with Gasteiger partial charge in [-0.05, 0) is 72.6 Å². The first-order valence-corrected chi connectivity index (χ1v) is 8.51. The molecule has 120 valence electrons. The van der Waals surface area contributed by atoms with E-state index in [0.717, 1.165) is 39.8 Å². The molecular formula is C17H20BrN5. The Morgan fingerprint density at radius 3 is 2.39 bits per heavy atom. The Morgan fingerprint density at radius 1 is 1.13 bits per heavy atom. The van der Waals surface area contributed by atoms with Crippen molar-refractivity contribution < 1.29 is 0 Å². The first-order valence-electron chi connectivity index (χ1n) is 7.72. The summed E-state index contributed by atoms with van der Waals surface area (Å²) >= 11 is 3.52. The molecule has 2 aromatic carbocycles. The first-order chi connectivity index (χ1) is 11.0. The van der Waals surface area contributed by atoms with E-state index in [9.17, 15) is 0 Å². The third-order valence-corrected chi connectivity index (χ3v) is 4.87. The molecule has 0 aliphatic rings. The molecule has 5 nitrogen and oxygen atoms in total. The van der Waals surface area contributed by atoms with Crippen molar-refractivity contribution in [3.8, 4) is 5.69 Å². The predicted molar refractivity (Wildman–Crippen MR) is 99.3 cm³/mol. The molecule has 2 N–H and O–H groups in total. The number of rotatable bonds is 4. The largest absolute Gasteiger partial charge is 0.398 e. The van der Waals surface area contributed by atoms with Crippen molar-refractivity contribution in [2.75, 3.05) is 23.7 Å². The van der Waals surface area contributed by atoms with Gasteiger partial charge in [-0.3, -0.25) is 0 Å². The number of hydrogen-bond donors (Lipinski definition) is 1. The standard InChI is InChI=1S/C17H20BrN5/c1-4-22(5-2)12-6-8-13(9-7-12)23-20-14-10-11(3)16(19)15(18)17(14)21-23/h6-10H,4-5,19H2,1-3H3. The van der Waals surface area contributed by atoms with E-state index in [0.29, 0.717) is 5.69 Å². The number of fused-ring (bicyclic) bond motifs is 1. The van der Waals surface area contributed by atoms with Gasteiger partial charge in [-0.25, -0.2) is 0 Å². The molecule has 3 rings (SSSR count). The second-order valence-electron chi connectivity index (χ2n) is 5.47. The number of nitrogens with two attached hydrogens (primary N) is 1. The van der Waals surface area contributed by atoms with Crippen molar-refractivity contribution >= 4 is 38.3 Å². The van der Waals surface area contributed by atoms with E-state index < -0.39 is 0 Å².